The lowest BCUT2D eigenvalue weighted by Gasteiger charge is -2.36. The van der Waals surface area contributed by atoms with Gasteiger partial charge in [-0.05, 0) is 54.9 Å². The van der Waals surface area contributed by atoms with Gasteiger partial charge in [-0.25, -0.2) is 8.78 Å². The molecule has 1 aromatic carbocycles. The first-order valence-corrected chi connectivity index (χ1v) is 14.0. The molecular formula is C29H36F2N6O2. The van der Waals surface area contributed by atoms with Crippen molar-refractivity contribution in [2.24, 2.45) is 7.05 Å². The SMILES string of the molecule is CC[C@@H]1CCN(c2nn(C3CCOCC3)c3c2CN(C(C)=O)CC3)c2cc(C(F)F)c(-c3cnn(C)c3)cc21. The van der Waals surface area contributed by atoms with E-state index in [0.29, 0.717) is 44.0 Å². The van der Waals surface area contributed by atoms with Gasteiger partial charge in [-0.3, -0.25) is 14.2 Å². The summed E-state index contributed by atoms with van der Waals surface area (Å²) in [6, 6.07) is 3.87. The zero-order valence-electron chi connectivity index (χ0n) is 22.9. The highest BCUT2D eigenvalue weighted by molar-refractivity contribution is 5.78. The normalized spacial score (nSPS) is 19.9. The number of benzene rings is 1. The lowest BCUT2D eigenvalue weighted by atomic mass is 9.84. The number of halogens is 2. The Labute approximate surface area is 227 Å². The van der Waals surface area contributed by atoms with Gasteiger partial charge >= 0.3 is 0 Å². The molecule has 0 saturated carbocycles. The molecule has 3 aliphatic rings. The number of nitrogens with zero attached hydrogens (tertiary/aromatic N) is 6. The summed E-state index contributed by atoms with van der Waals surface area (Å²) in [6.07, 6.45) is 5.16. The molecule has 5 heterocycles. The standard InChI is InChI=1S/C29H36F2N6O2/c1-4-19-5-10-36(27-14-24(28(30)31)22(13-23(19)27)20-15-32-34(3)16-20)29-25-17-35(18(2)38)9-6-26(25)37(33-29)21-7-11-39-12-8-21/h13-16,19,21,28H,4-12,17H2,1-3H3/t19-/m1/s1. The first-order valence-electron chi connectivity index (χ1n) is 14.0. The second kappa shape index (κ2) is 10.4. The maximum Gasteiger partial charge on any atom is 0.264 e. The summed E-state index contributed by atoms with van der Waals surface area (Å²) in [4.78, 5) is 16.4. The monoisotopic (exact) mass is 538 g/mol. The lowest BCUT2D eigenvalue weighted by molar-refractivity contribution is -0.129. The smallest absolute Gasteiger partial charge is 0.264 e. The summed E-state index contributed by atoms with van der Waals surface area (Å²) in [5, 5.41) is 9.42. The van der Waals surface area contributed by atoms with Crippen molar-refractivity contribution in [1.82, 2.24) is 24.5 Å². The van der Waals surface area contributed by atoms with E-state index in [1.165, 1.54) is 0 Å². The lowest BCUT2D eigenvalue weighted by Crippen LogP contribution is -2.36. The van der Waals surface area contributed by atoms with Crippen molar-refractivity contribution in [3.05, 3.63) is 46.9 Å². The molecule has 2 aromatic heterocycles. The van der Waals surface area contributed by atoms with Crippen molar-refractivity contribution < 1.29 is 18.3 Å². The van der Waals surface area contributed by atoms with Gasteiger partial charge in [-0.15, -0.1) is 0 Å². The molecular weight excluding hydrogens is 502 g/mol. The van der Waals surface area contributed by atoms with Crippen molar-refractivity contribution >= 4 is 17.4 Å². The Morgan fingerprint density at radius 2 is 1.97 bits per heavy atom. The van der Waals surface area contributed by atoms with Gasteiger partial charge in [0.2, 0.25) is 5.91 Å². The molecule has 1 atom stereocenters. The van der Waals surface area contributed by atoms with Crippen LogP contribution in [0.25, 0.3) is 11.1 Å². The van der Waals surface area contributed by atoms with Crippen LogP contribution in [0.1, 0.15) is 80.3 Å². The van der Waals surface area contributed by atoms with Gasteiger partial charge in [-0.1, -0.05) is 6.92 Å². The second-order valence-electron chi connectivity index (χ2n) is 11.0. The molecule has 1 amide bonds. The molecule has 0 spiro atoms. The summed E-state index contributed by atoms with van der Waals surface area (Å²) in [7, 11) is 1.79. The average Bonchev–Trinajstić information content (AvgIpc) is 3.55. The van der Waals surface area contributed by atoms with E-state index in [0.717, 1.165) is 60.4 Å². The van der Waals surface area contributed by atoms with Crippen molar-refractivity contribution in [3.63, 3.8) is 0 Å². The highest BCUT2D eigenvalue weighted by atomic mass is 19.3. The highest BCUT2D eigenvalue weighted by Gasteiger charge is 2.35. The number of hydrogen-bond acceptors (Lipinski definition) is 5. The molecule has 39 heavy (non-hydrogen) atoms. The molecule has 0 radical (unpaired) electrons. The van der Waals surface area contributed by atoms with Crippen molar-refractivity contribution in [3.8, 4) is 11.1 Å². The van der Waals surface area contributed by atoms with Gasteiger partial charge in [0, 0.05) is 81.0 Å². The summed E-state index contributed by atoms with van der Waals surface area (Å²) >= 11 is 0. The molecule has 0 bridgehead atoms. The zero-order chi connectivity index (χ0) is 27.3. The van der Waals surface area contributed by atoms with Gasteiger partial charge in [0.1, 0.15) is 0 Å². The zero-order valence-corrected chi connectivity index (χ0v) is 22.9. The number of amides is 1. The quantitative estimate of drug-likeness (QED) is 0.428. The van der Waals surface area contributed by atoms with Crippen LogP contribution in [0.5, 0.6) is 0 Å². The number of aromatic nitrogens is 4. The summed E-state index contributed by atoms with van der Waals surface area (Å²) in [6.45, 7) is 7.00. The number of anilines is 2. The molecule has 208 valence electrons. The van der Waals surface area contributed by atoms with E-state index >= 15 is 0 Å². The molecule has 1 saturated heterocycles. The predicted molar refractivity (Wildman–Crippen MR) is 144 cm³/mol. The van der Waals surface area contributed by atoms with E-state index in [4.69, 9.17) is 9.84 Å². The van der Waals surface area contributed by atoms with Gasteiger partial charge in [0.25, 0.3) is 6.43 Å². The molecule has 0 aliphatic carbocycles. The molecule has 3 aromatic rings. The van der Waals surface area contributed by atoms with Crippen LogP contribution in [0.15, 0.2) is 24.5 Å². The number of carbonyl (C=O) groups is 1. The van der Waals surface area contributed by atoms with Crippen LogP contribution >= 0.6 is 0 Å². The minimum atomic E-state index is -2.63. The maximum atomic E-state index is 14.5. The van der Waals surface area contributed by atoms with E-state index in [-0.39, 0.29) is 23.4 Å². The van der Waals surface area contributed by atoms with Crippen LogP contribution in [0, 0.1) is 0 Å². The second-order valence-corrected chi connectivity index (χ2v) is 11.0. The topological polar surface area (TPSA) is 68.4 Å². The fraction of sp³-hybridized carbons (Fsp3) is 0.552. The number of rotatable bonds is 5. The Bertz CT molecular complexity index is 1380. The van der Waals surface area contributed by atoms with Crippen LogP contribution in [0.2, 0.25) is 0 Å². The molecule has 1 fully saturated rings. The van der Waals surface area contributed by atoms with Crippen LogP contribution in [0.4, 0.5) is 20.3 Å². The molecule has 6 rings (SSSR count). The third kappa shape index (κ3) is 4.62. The van der Waals surface area contributed by atoms with E-state index in [2.05, 4.69) is 21.6 Å². The van der Waals surface area contributed by atoms with Crippen molar-refractivity contribution in [2.75, 3.05) is 31.2 Å². The van der Waals surface area contributed by atoms with Crippen LogP contribution in [0.3, 0.4) is 0 Å². The van der Waals surface area contributed by atoms with E-state index in [1.807, 2.05) is 11.0 Å². The van der Waals surface area contributed by atoms with E-state index < -0.39 is 6.43 Å². The Morgan fingerprint density at radius 1 is 1.18 bits per heavy atom. The average molecular weight is 539 g/mol. The molecule has 8 nitrogen and oxygen atoms in total. The molecule has 3 aliphatic heterocycles. The summed E-state index contributed by atoms with van der Waals surface area (Å²) in [5.74, 6) is 1.10. The Hall–Kier alpha value is -3.27. The number of alkyl halides is 2. The van der Waals surface area contributed by atoms with Crippen LogP contribution in [-0.2, 0) is 29.5 Å². The first-order chi connectivity index (χ1) is 18.9. The minimum Gasteiger partial charge on any atom is -0.381 e. The van der Waals surface area contributed by atoms with Gasteiger partial charge < -0.3 is 14.5 Å². The summed E-state index contributed by atoms with van der Waals surface area (Å²) < 4.78 is 38.5. The number of aryl methyl sites for hydroxylation is 1. The minimum absolute atomic E-state index is 0.00611. The van der Waals surface area contributed by atoms with Gasteiger partial charge in [0.05, 0.1) is 18.8 Å². The number of hydrogen-bond donors (Lipinski definition) is 0. The van der Waals surface area contributed by atoms with Gasteiger partial charge in [0.15, 0.2) is 5.82 Å². The number of fused-ring (bicyclic) bond motifs is 2. The largest absolute Gasteiger partial charge is 0.381 e. The number of ether oxygens (including phenoxy) is 1. The van der Waals surface area contributed by atoms with Crippen LogP contribution < -0.4 is 4.90 Å². The molecule has 0 N–H and O–H groups in total. The van der Waals surface area contributed by atoms with Crippen molar-refractivity contribution in [1.29, 1.82) is 0 Å². The Morgan fingerprint density at radius 3 is 2.64 bits per heavy atom. The maximum absolute atomic E-state index is 14.5. The fourth-order valence-electron chi connectivity index (χ4n) is 6.52. The van der Waals surface area contributed by atoms with Gasteiger partial charge in [-0.2, -0.15) is 10.2 Å². The van der Waals surface area contributed by atoms with Crippen LogP contribution in [-0.4, -0.2) is 56.7 Å². The highest BCUT2D eigenvalue weighted by Crippen LogP contribution is 2.47. The van der Waals surface area contributed by atoms with E-state index in [1.54, 1.807) is 37.1 Å². The Kier molecular flexibility index (Phi) is 6.91. The third-order valence-corrected chi connectivity index (χ3v) is 8.68. The first kappa shape index (κ1) is 26.0. The summed E-state index contributed by atoms with van der Waals surface area (Å²) in [5.41, 5.74) is 5.31. The third-order valence-electron chi connectivity index (χ3n) is 8.68. The fourth-order valence-corrected chi connectivity index (χ4v) is 6.52. The predicted octanol–water partition coefficient (Wildman–Crippen LogP) is 5.51. The Balaban J connectivity index is 1.50. The van der Waals surface area contributed by atoms with E-state index in [9.17, 15) is 13.6 Å². The number of carbonyl (C=O) groups excluding carboxylic acids is 1. The molecule has 0 unspecified atom stereocenters. The molecule has 10 heteroatoms. The van der Waals surface area contributed by atoms with Crippen molar-refractivity contribution in [2.45, 2.75) is 70.9 Å².